The number of benzene rings is 1. The molecule has 0 aliphatic carbocycles. The highest BCUT2D eigenvalue weighted by Gasteiger charge is 2.21. The maximum Gasteiger partial charge on any atom is 0.314 e. The number of hydrazone groups is 1. The zero-order chi connectivity index (χ0) is 17.2. The zero-order valence-electron chi connectivity index (χ0n) is 14.1. The van der Waals surface area contributed by atoms with E-state index in [1.807, 2.05) is 26.0 Å². The molecule has 0 fully saturated rings. The Bertz CT molecular complexity index is 552. The third kappa shape index (κ3) is 6.50. The molecule has 1 N–H and O–H groups in total. The van der Waals surface area contributed by atoms with Gasteiger partial charge in [0.25, 0.3) is 5.91 Å². The number of ether oxygens (including phenoxy) is 2. The first-order chi connectivity index (χ1) is 11.0. The summed E-state index contributed by atoms with van der Waals surface area (Å²) in [7, 11) is 0. The predicted molar refractivity (Wildman–Crippen MR) is 88.3 cm³/mol. The number of hydrogen-bond donors (Lipinski definition) is 1. The molecule has 0 saturated carbocycles. The minimum atomic E-state index is -0.451. The van der Waals surface area contributed by atoms with Crippen LogP contribution in [0.3, 0.4) is 0 Å². The Kier molecular flexibility index (Phi) is 7.80. The second-order valence-corrected chi connectivity index (χ2v) is 5.10. The fourth-order valence-corrected chi connectivity index (χ4v) is 1.92. The summed E-state index contributed by atoms with van der Waals surface area (Å²) >= 11 is 0. The van der Waals surface area contributed by atoms with Crippen LogP contribution in [0.1, 0.15) is 32.8 Å². The van der Waals surface area contributed by atoms with Crippen LogP contribution in [0.2, 0.25) is 0 Å². The van der Waals surface area contributed by atoms with Gasteiger partial charge in [-0.2, -0.15) is 5.10 Å². The predicted octanol–water partition coefficient (Wildman–Crippen LogP) is 2.46. The molecule has 1 unspecified atom stereocenters. The van der Waals surface area contributed by atoms with Gasteiger partial charge >= 0.3 is 5.97 Å². The summed E-state index contributed by atoms with van der Waals surface area (Å²) in [6.07, 6.45) is 0.559. The molecule has 0 aromatic heterocycles. The van der Waals surface area contributed by atoms with Crippen molar-refractivity contribution in [2.75, 3.05) is 13.2 Å². The van der Waals surface area contributed by atoms with E-state index in [1.165, 1.54) is 0 Å². The van der Waals surface area contributed by atoms with E-state index >= 15 is 0 Å². The van der Waals surface area contributed by atoms with Gasteiger partial charge in [0.2, 0.25) is 0 Å². The summed E-state index contributed by atoms with van der Waals surface area (Å²) in [4.78, 5) is 23.5. The Morgan fingerprint density at radius 3 is 2.43 bits per heavy atom. The fourth-order valence-electron chi connectivity index (χ4n) is 1.92. The maximum atomic E-state index is 11.8. The van der Waals surface area contributed by atoms with Crippen LogP contribution in [-0.4, -0.2) is 30.8 Å². The van der Waals surface area contributed by atoms with Crippen LogP contribution in [0.15, 0.2) is 29.4 Å². The average molecular weight is 320 g/mol. The molecule has 1 amide bonds. The van der Waals surface area contributed by atoms with Gasteiger partial charge in [0, 0.05) is 5.71 Å². The standard InChI is InChI=1S/C17H24N2O4/c1-5-15(17(21)22-6-2)13(4)18-19-16(20)11-23-14-9-7-12(3)8-10-14/h7-10,15H,5-6,11H2,1-4H3,(H,19,20). The van der Waals surface area contributed by atoms with Crippen LogP contribution in [-0.2, 0) is 14.3 Å². The second-order valence-electron chi connectivity index (χ2n) is 5.10. The number of carbonyl (C=O) groups excluding carboxylic acids is 2. The molecule has 6 heteroatoms. The van der Waals surface area contributed by atoms with E-state index in [4.69, 9.17) is 9.47 Å². The molecule has 1 aromatic rings. The molecule has 0 radical (unpaired) electrons. The van der Waals surface area contributed by atoms with Gasteiger partial charge in [0.1, 0.15) is 5.75 Å². The first-order valence-corrected chi connectivity index (χ1v) is 7.67. The largest absolute Gasteiger partial charge is 0.484 e. The summed E-state index contributed by atoms with van der Waals surface area (Å²) in [6, 6.07) is 7.40. The molecule has 23 heavy (non-hydrogen) atoms. The Hall–Kier alpha value is -2.37. The molecule has 0 aliphatic heterocycles. The molecule has 0 heterocycles. The number of rotatable bonds is 8. The van der Waals surface area contributed by atoms with Crippen molar-refractivity contribution >= 4 is 17.6 Å². The molecule has 0 spiro atoms. The monoisotopic (exact) mass is 320 g/mol. The van der Waals surface area contributed by atoms with E-state index in [0.29, 0.717) is 24.5 Å². The molecule has 0 aliphatic rings. The third-order valence-electron chi connectivity index (χ3n) is 3.23. The lowest BCUT2D eigenvalue weighted by molar-refractivity contribution is -0.145. The summed E-state index contributed by atoms with van der Waals surface area (Å²) < 4.78 is 10.3. The van der Waals surface area contributed by atoms with E-state index in [2.05, 4.69) is 10.5 Å². The molecule has 1 aromatic carbocycles. The Morgan fingerprint density at radius 1 is 1.22 bits per heavy atom. The lowest BCUT2D eigenvalue weighted by Gasteiger charge is -2.13. The molecule has 1 rings (SSSR count). The summed E-state index contributed by atoms with van der Waals surface area (Å²) in [6.45, 7) is 7.45. The third-order valence-corrected chi connectivity index (χ3v) is 3.23. The van der Waals surface area contributed by atoms with E-state index < -0.39 is 5.92 Å². The van der Waals surface area contributed by atoms with Gasteiger partial charge < -0.3 is 9.47 Å². The highest BCUT2D eigenvalue weighted by molar-refractivity contribution is 6.01. The zero-order valence-corrected chi connectivity index (χ0v) is 14.1. The quantitative estimate of drug-likeness (QED) is 0.453. The minimum Gasteiger partial charge on any atom is -0.484 e. The van der Waals surface area contributed by atoms with E-state index in [9.17, 15) is 9.59 Å². The van der Waals surface area contributed by atoms with Crippen molar-refractivity contribution in [1.29, 1.82) is 0 Å². The number of hydrogen-bond acceptors (Lipinski definition) is 5. The Morgan fingerprint density at radius 2 is 1.87 bits per heavy atom. The van der Waals surface area contributed by atoms with Gasteiger partial charge in [-0.05, 0) is 39.3 Å². The van der Waals surface area contributed by atoms with Gasteiger partial charge in [0.05, 0.1) is 12.5 Å². The fraction of sp³-hybridized carbons (Fsp3) is 0.471. The molecular formula is C17H24N2O4. The van der Waals surface area contributed by atoms with Gasteiger partial charge in [-0.25, -0.2) is 5.43 Å². The van der Waals surface area contributed by atoms with Crippen molar-refractivity contribution in [3.8, 4) is 5.75 Å². The first-order valence-electron chi connectivity index (χ1n) is 7.67. The van der Waals surface area contributed by atoms with E-state index in [0.717, 1.165) is 5.56 Å². The van der Waals surface area contributed by atoms with Crippen molar-refractivity contribution < 1.29 is 19.1 Å². The van der Waals surface area contributed by atoms with Crippen molar-refractivity contribution in [2.24, 2.45) is 11.0 Å². The normalized spacial score (nSPS) is 12.4. The maximum absolute atomic E-state index is 11.8. The smallest absolute Gasteiger partial charge is 0.314 e. The molecular weight excluding hydrogens is 296 g/mol. The summed E-state index contributed by atoms with van der Waals surface area (Å²) in [5.41, 5.74) is 4.02. The van der Waals surface area contributed by atoms with Gasteiger partial charge in [-0.1, -0.05) is 24.6 Å². The number of amides is 1. The first kappa shape index (κ1) is 18.7. The van der Waals surface area contributed by atoms with Gasteiger partial charge in [0.15, 0.2) is 6.61 Å². The highest BCUT2D eigenvalue weighted by Crippen LogP contribution is 2.11. The SMILES string of the molecule is CCOC(=O)C(CC)C(C)=NNC(=O)COc1ccc(C)cc1. The van der Waals surface area contributed by atoms with Crippen LogP contribution in [0.4, 0.5) is 0 Å². The number of aryl methyl sites for hydroxylation is 1. The van der Waals surface area contributed by atoms with Crippen molar-refractivity contribution in [1.82, 2.24) is 5.43 Å². The van der Waals surface area contributed by atoms with Crippen LogP contribution < -0.4 is 10.2 Å². The van der Waals surface area contributed by atoms with E-state index in [1.54, 1.807) is 26.0 Å². The Labute approximate surface area is 136 Å². The molecule has 0 bridgehead atoms. The van der Waals surface area contributed by atoms with Crippen LogP contribution in [0, 0.1) is 12.8 Å². The molecule has 1 atom stereocenters. The van der Waals surface area contributed by atoms with Gasteiger partial charge in [-0.3, -0.25) is 9.59 Å². The lowest BCUT2D eigenvalue weighted by atomic mass is 10.0. The van der Waals surface area contributed by atoms with E-state index in [-0.39, 0.29) is 18.5 Å². The summed E-state index contributed by atoms with van der Waals surface area (Å²) in [5, 5.41) is 3.96. The molecule has 0 saturated heterocycles. The lowest BCUT2D eigenvalue weighted by Crippen LogP contribution is -2.29. The van der Waals surface area contributed by atoms with Crippen molar-refractivity contribution in [3.05, 3.63) is 29.8 Å². The minimum absolute atomic E-state index is 0.143. The number of nitrogens with one attached hydrogen (secondary N) is 1. The second kappa shape index (κ2) is 9.61. The van der Waals surface area contributed by atoms with Gasteiger partial charge in [-0.15, -0.1) is 0 Å². The number of carbonyl (C=O) groups is 2. The average Bonchev–Trinajstić information content (AvgIpc) is 2.53. The van der Waals surface area contributed by atoms with Crippen molar-refractivity contribution in [2.45, 2.75) is 34.1 Å². The molecule has 6 nitrogen and oxygen atoms in total. The highest BCUT2D eigenvalue weighted by atomic mass is 16.5. The topological polar surface area (TPSA) is 77.0 Å². The van der Waals surface area contributed by atoms with Crippen molar-refractivity contribution in [3.63, 3.8) is 0 Å². The number of esters is 1. The van der Waals surface area contributed by atoms with Crippen LogP contribution >= 0.6 is 0 Å². The van der Waals surface area contributed by atoms with Crippen LogP contribution in [0.5, 0.6) is 5.75 Å². The molecule has 126 valence electrons. The summed E-state index contributed by atoms with van der Waals surface area (Å²) in [5.74, 6) is -0.553. The number of nitrogens with zero attached hydrogens (tertiary/aromatic N) is 1. The van der Waals surface area contributed by atoms with Crippen LogP contribution in [0.25, 0.3) is 0 Å². The Balaban J connectivity index is 2.49.